The minimum absolute atomic E-state index is 0.746. The van der Waals surface area contributed by atoms with Crippen molar-refractivity contribution in [2.75, 3.05) is 0 Å². The van der Waals surface area contributed by atoms with Gasteiger partial charge in [0.1, 0.15) is 0 Å². The second-order valence-corrected chi connectivity index (χ2v) is 3.00. The van der Waals surface area contributed by atoms with Gasteiger partial charge < -0.3 is 0 Å². The first-order valence-electron chi connectivity index (χ1n) is 3.94. The Morgan fingerprint density at radius 2 is 1.30 bits per heavy atom. The van der Waals surface area contributed by atoms with Gasteiger partial charge in [-0.2, -0.15) is 0 Å². The maximum atomic E-state index is 3.72. The maximum absolute atomic E-state index is 3.72. The van der Waals surface area contributed by atoms with Crippen molar-refractivity contribution in [2.45, 2.75) is 26.7 Å². The Morgan fingerprint density at radius 3 is 1.50 bits per heavy atom. The molecule has 0 spiro atoms. The van der Waals surface area contributed by atoms with Crippen LogP contribution in [0.4, 0.5) is 0 Å². The fraction of sp³-hybridized carbons (Fsp3) is 0.600. The molecule has 0 heterocycles. The van der Waals surface area contributed by atoms with Crippen molar-refractivity contribution < 1.29 is 0 Å². The van der Waals surface area contributed by atoms with Gasteiger partial charge in [-0.3, -0.25) is 0 Å². The Kier molecular flexibility index (Phi) is 5.00. The lowest BCUT2D eigenvalue weighted by Gasteiger charge is -2.15. The second-order valence-electron chi connectivity index (χ2n) is 3.00. The van der Waals surface area contributed by atoms with E-state index in [0.29, 0.717) is 0 Å². The van der Waals surface area contributed by atoms with E-state index in [2.05, 4.69) is 27.0 Å². The fourth-order valence-electron chi connectivity index (χ4n) is 0.990. The summed E-state index contributed by atoms with van der Waals surface area (Å²) < 4.78 is 0. The highest BCUT2D eigenvalue weighted by atomic mass is 14.1. The van der Waals surface area contributed by atoms with Gasteiger partial charge in [0.05, 0.1) is 0 Å². The summed E-state index contributed by atoms with van der Waals surface area (Å²) in [6, 6.07) is 0. The molecule has 0 aromatic heterocycles. The van der Waals surface area contributed by atoms with E-state index in [1.54, 1.807) is 0 Å². The lowest BCUT2D eigenvalue weighted by atomic mass is 9.90. The average molecular weight is 138 g/mol. The Hall–Kier alpha value is -0.520. The summed E-state index contributed by atoms with van der Waals surface area (Å²) in [6.45, 7) is 12.0. The minimum Gasteiger partial charge on any atom is -0.103 e. The van der Waals surface area contributed by atoms with Gasteiger partial charge in [-0.15, -0.1) is 13.2 Å². The first-order valence-corrected chi connectivity index (χ1v) is 3.94. The van der Waals surface area contributed by atoms with Crippen LogP contribution >= 0.6 is 0 Å². The number of hydrogen-bond donors (Lipinski definition) is 0. The molecule has 0 aromatic rings. The summed E-state index contributed by atoms with van der Waals surface area (Å²) in [7, 11) is 0. The van der Waals surface area contributed by atoms with E-state index < -0.39 is 0 Å². The van der Waals surface area contributed by atoms with E-state index >= 15 is 0 Å². The molecule has 0 bridgehead atoms. The predicted molar refractivity (Wildman–Crippen MR) is 48.0 cm³/mol. The molecule has 0 N–H and O–H groups in total. The molecule has 0 aromatic carbocycles. The van der Waals surface area contributed by atoms with Gasteiger partial charge in [-0.25, -0.2) is 0 Å². The highest BCUT2D eigenvalue weighted by Crippen LogP contribution is 2.18. The van der Waals surface area contributed by atoms with E-state index in [1.807, 2.05) is 12.2 Å². The van der Waals surface area contributed by atoms with Gasteiger partial charge in [0.25, 0.3) is 0 Å². The first-order chi connectivity index (χ1) is 4.72. The van der Waals surface area contributed by atoms with Crippen molar-refractivity contribution in [1.82, 2.24) is 0 Å². The second kappa shape index (κ2) is 5.28. The number of hydrogen-bond acceptors (Lipinski definition) is 0. The van der Waals surface area contributed by atoms with E-state index in [1.165, 1.54) is 0 Å². The van der Waals surface area contributed by atoms with Crippen LogP contribution in [0.5, 0.6) is 0 Å². The van der Waals surface area contributed by atoms with Crippen molar-refractivity contribution in [2.24, 2.45) is 11.8 Å². The zero-order chi connectivity index (χ0) is 7.98. The first kappa shape index (κ1) is 9.48. The predicted octanol–water partition coefficient (Wildman–Crippen LogP) is 3.41. The van der Waals surface area contributed by atoms with E-state index in [0.717, 1.165) is 24.7 Å². The monoisotopic (exact) mass is 138 g/mol. The highest BCUT2D eigenvalue weighted by molar-refractivity contribution is 4.78. The van der Waals surface area contributed by atoms with Gasteiger partial charge in [-0.05, 0) is 24.7 Å². The number of rotatable bonds is 5. The van der Waals surface area contributed by atoms with Crippen LogP contribution in [0, 0.1) is 11.8 Å². The Labute approximate surface area is 64.6 Å². The molecular weight excluding hydrogens is 120 g/mol. The standard InChI is InChI=1S/C10H18/c1-5-7-9(3)10(4)8-6-2/h5-6,9-10H,1-2,7-8H2,3-4H3. The van der Waals surface area contributed by atoms with Crippen LogP contribution in [0.1, 0.15) is 26.7 Å². The third kappa shape index (κ3) is 3.49. The third-order valence-corrected chi connectivity index (χ3v) is 2.05. The van der Waals surface area contributed by atoms with Crippen LogP contribution in [0.2, 0.25) is 0 Å². The number of allylic oxidation sites excluding steroid dienone is 2. The molecule has 0 heteroatoms. The molecule has 0 aliphatic heterocycles. The molecule has 0 nitrogen and oxygen atoms in total. The summed E-state index contributed by atoms with van der Waals surface area (Å²) in [5.41, 5.74) is 0. The molecule has 58 valence electrons. The van der Waals surface area contributed by atoms with Gasteiger partial charge >= 0.3 is 0 Å². The lowest BCUT2D eigenvalue weighted by molar-refractivity contribution is 0.395. The quantitative estimate of drug-likeness (QED) is 0.511. The largest absolute Gasteiger partial charge is 0.103 e. The average Bonchev–Trinajstić information content (AvgIpc) is 1.89. The van der Waals surface area contributed by atoms with Crippen LogP contribution < -0.4 is 0 Å². The molecule has 0 saturated heterocycles. The molecule has 0 fully saturated rings. The van der Waals surface area contributed by atoms with Gasteiger partial charge in [-0.1, -0.05) is 26.0 Å². The minimum atomic E-state index is 0.746. The van der Waals surface area contributed by atoms with Crippen molar-refractivity contribution in [3.05, 3.63) is 25.3 Å². The lowest BCUT2D eigenvalue weighted by Crippen LogP contribution is -2.05. The zero-order valence-corrected chi connectivity index (χ0v) is 7.14. The van der Waals surface area contributed by atoms with Gasteiger partial charge in [0.15, 0.2) is 0 Å². The Balaban J connectivity index is 3.56. The van der Waals surface area contributed by atoms with Crippen LogP contribution in [-0.4, -0.2) is 0 Å². The summed E-state index contributed by atoms with van der Waals surface area (Å²) in [5.74, 6) is 1.49. The maximum Gasteiger partial charge on any atom is -0.0325 e. The van der Waals surface area contributed by atoms with Crippen molar-refractivity contribution in [3.63, 3.8) is 0 Å². The highest BCUT2D eigenvalue weighted by Gasteiger charge is 2.07. The Morgan fingerprint density at radius 1 is 1.00 bits per heavy atom. The molecule has 0 saturated carbocycles. The zero-order valence-electron chi connectivity index (χ0n) is 7.14. The normalized spacial score (nSPS) is 15.8. The van der Waals surface area contributed by atoms with Crippen molar-refractivity contribution >= 4 is 0 Å². The van der Waals surface area contributed by atoms with Crippen LogP contribution in [0.25, 0.3) is 0 Å². The summed E-state index contributed by atoms with van der Waals surface area (Å²) in [6.07, 6.45) is 6.22. The third-order valence-electron chi connectivity index (χ3n) is 2.05. The molecule has 0 aliphatic carbocycles. The van der Waals surface area contributed by atoms with Crippen molar-refractivity contribution in [1.29, 1.82) is 0 Å². The summed E-state index contributed by atoms with van der Waals surface area (Å²) in [5, 5.41) is 0. The molecule has 2 atom stereocenters. The molecule has 0 aliphatic rings. The smallest absolute Gasteiger partial charge is 0.0325 e. The van der Waals surface area contributed by atoms with Crippen LogP contribution in [0.3, 0.4) is 0 Å². The van der Waals surface area contributed by atoms with Crippen molar-refractivity contribution in [3.8, 4) is 0 Å². The van der Waals surface area contributed by atoms with Gasteiger partial charge in [0, 0.05) is 0 Å². The molecule has 0 rings (SSSR count). The van der Waals surface area contributed by atoms with E-state index in [-0.39, 0.29) is 0 Å². The fourth-order valence-corrected chi connectivity index (χ4v) is 0.990. The topological polar surface area (TPSA) is 0 Å². The Bertz CT molecular complexity index is 88.6. The molecule has 0 radical (unpaired) electrons. The van der Waals surface area contributed by atoms with E-state index in [4.69, 9.17) is 0 Å². The SMILES string of the molecule is C=CCC(C)C(C)CC=C. The molecule has 0 amide bonds. The van der Waals surface area contributed by atoms with E-state index in [9.17, 15) is 0 Å². The molecular formula is C10H18. The van der Waals surface area contributed by atoms with Gasteiger partial charge in [0.2, 0.25) is 0 Å². The molecule has 2 unspecified atom stereocenters. The van der Waals surface area contributed by atoms with Crippen LogP contribution in [-0.2, 0) is 0 Å². The summed E-state index contributed by atoms with van der Waals surface area (Å²) in [4.78, 5) is 0. The van der Waals surface area contributed by atoms with Crippen LogP contribution in [0.15, 0.2) is 25.3 Å². The summed E-state index contributed by atoms with van der Waals surface area (Å²) >= 11 is 0. The molecule has 10 heavy (non-hydrogen) atoms.